The Morgan fingerprint density at radius 1 is 1.10 bits per heavy atom. The van der Waals surface area contributed by atoms with Crippen LogP contribution in [0.3, 0.4) is 0 Å². The zero-order valence-electron chi connectivity index (χ0n) is 16.0. The van der Waals surface area contributed by atoms with E-state index < -0.39 is 6.36 Å². The summed E-state index contributed by atoms with van der Waals surface area (Å²) >= 11 is 0. The van der Waals surface area contributed by atoms with Crippen LogP contribution in [0, 0.1) is 0 Å². The highest BCUT2D eigenvalue weighted by atomic mass is 19.4. The number of benzene rings is 1. The number of aliphatic hydroxyl groups excluding tert-OH is 1. The summed E-state index contributed by atoms with van der Waals surface area (Å²) < 4.78 is 43.4. The topological polar surface area (TPSA) is 76.3 Å². The van der Waals surface area contributed by atoms with Gasteiger partial charge in [0.15, 0.2) is 0 Å². The number of nitrogens with zero attached hydrogens (tertiary/aromatic N) is 5. The van der Waals surface area contributed by atoms with Gasteiger partial charge >= 0.3 is 6.36 Å². The number of aliphatic hydroxyl groups is 1. The molecule has 10 heteroatoms. The predicted octanol–water partition coefficient (Wildman–Crippen LogP) is 3.18. The minimum atomic E-state index is -4.78. The van der Waals surface area contributed by atoms with Crippen molar-refractivity contribution in [2.24, 2.45) is 0 Å². The number of pyridine rings is 1. The van der Waals surface area contributed by atoms with E-state index in [9.17, 15) is 18.3 Å². The monoisotopic (exact) mass is 419 g/mol. The molecule has 158 valence electrons. The fourth-order valence-electron chi connectivity index (χ4n) is 3.50. The lowest BCUT2D eigenvalue weighted by molar-refractivity contribution is -0.274. The number of halogens is 3. The number of alkyl halides is 3. The van der Waals surface area contributed by atoms with Crippen molar-refractivity contribution in [2.45, 2.75) is 31.9 Å². The van der Waals surface area contributed by atoms with Crippen LogP contribution in [0.15, 0.2) is 48.8 Å². The van der Waals surface area contributed by atoms with Crippen molar-refractivity contribution in [3.63, 3.8) is 0 Å². The standard InChI is InChI=1S/C20H20F3N5O2/c21-20(22,23)30-17-3-1-2-15(12-17)28-19(14-4-8-24-9-5-14)18(25-26-28)13-27-10-6-16(29)7-11-27/h1-5,8-9,12,16,29H,6-7,10-11,13H2. The van der Waals surface area contributed by atoms with Crippen molar-refractivity contribution < 1.29 is 23.0 Å². The number of ether oxygens (including phenoxy) is 1. The Kier molecular flexibility index (Phi) is 5.69. The highest BCUT2D eigenvalue weighted by Gasteiger charge is 2.31. The third-order valence-corrected chi connectivity index (χ3v) is 4.92. The van der Waals surface area contributed by atoms with Crippen LogP contribution in [0.2, 0.25) is 0 Å². The quantitative estimate of drug-likeness (QED) is 0.685. The molecule has 3 heterocycles. The van der Waals surface area contributed by atoms with Crippen molar-refractivity contribution >= 4 is 0 Å². The molecule has 3 aromatic rings. The Bertz CT molecular complexity index is 986. The lowest BCUT2D eigenvalue weighted by atomic mass is 10.1. The summed E-state index contributed by atoms with van der Waals surface area (Å²) in [6.45, 7) is 1.99. The van der Waals surface area contributed by atoms with Gasteiger partial charge in [-0.05, 0) is 37.1 Å². The van der Waals surface area contributed by atoms with Gasteiger partial charge in [0.05, 0.1) is 17.5 Å². The van der Waals surface area contributed by atoms with Crippen LogP contribution in [0.4, 0.5) is 13.2 Å². The first kappa shape index (κ1) is 20.3. The van der Waals surface area contributed by atoms with Gasteiger partial charge in [0.2, 0.25) is 0 Å². The van der Waals surface area contributed by atoms with Gasteiger partial charge in [-0.1, -0.05) is 11.3 Å². The van der Waals surface area contributed by atoms with Crippen LogP contribution in [-0.4, -0.2) is 55.5 Å². The van der Waals surface area contributed by atoms with Gasteiger partial charge in [0, 0.05) is 43.7 Å². The SMILES string of the molecule is OC1CCN(Cc2nnn(-c3cccc(OC(F)(F)F)c3)c2-c2ccncc2)CC1. The maximum atomic E-state index is 12.6. The van der Waals surface area contributed by atoms with E-state index in [4.69, 9.17) is 0 Å². The third-order valence-electron chi connectivity index (χ3n) is 4.92. The average Bonchev–Trinajstić information content (AvgIpc) is 3.13. The van der Waals surface area contributed by atoms with E-state index in [0.29, 0.717) is 36.5 Å². The molecular formula is C20H20F3N5O2. The first-order valence-corrected chi connectivity index (χ1v) is 9.50. The molecule has 1 N–H and O–H groups in total. The predicted molar refractivity (Wildman–Crippen MR) is 102 cm³/mol. The second kappa shape index (κ2) is 8.41. The first-order valence-electron chi connectivity index (χ1n) is 9.50. The Hall–Kier alpha value is -2.98. The van der Waals surface area contributed by atoms with Gasteiger partial charge in [0.1, 0.15) is 11.4 Å². The summed E-state index contributed by atoms with van der Waals surface area (Å²) in [5.41, 5.74) is 2.56. The molecule has 0 bridgehead atoms. The fraction of sp³-hybridized carbons (Fsp3) is 0.350. The van der Waals surface area contributed by atoms with E-state index in [1.54, 1.807) is 30.6 Å². The summed E-state index contributed by atoms with van der Waals surface area (Å²) in [5, 5.41) is 18.3. The van der Waals surface area contributed by atoms with Crippen LogP contribution in [-0.2, 0) is 6.54 Å². The Morgan fingerprint density at radius 2 is 1.83 bits per heavy atom. The van der Waals surface area contributed by atoms with Crippen molar-refractivity contribution in [3.8, 4) is 22.7 Å². The van der Waals surface area contributed by atoms with Crippen molar-refractivity contribution in [1.82, 2.24) is 24.9 Å². The number of hydrogen-bond acceptors (Lipinski definition) is 6. The first-order chi connectivity index (χ1) is 14.4. The van der Waals surface area contributed by atoms with Gasteiger partial charge in [0.25, 0.3) is 0 Å². The summed E-state index contributed by atoms with van der Waals surface area (Å²) in [6, 6.07) is 9.22. The van der Waals surface area contributed by atoms with E-state index in [2.05, 4.69) is 24.9 Å². The van der Waals surface area contributed by atoms with Crippen LogP contribution in [0.1, 0.15) is 18.5 Å². The van der Waals surface area contributed by atoms with Gasteiger partial charge < -0.3 is 9.84 Å². The van der Waals surface area contributed by atoms with Crippen molar-refractivity contribution in [2.75, 3.05) is 13.1 Å². The molecule has 0 radical (unpaired) electrons. The highest BCUT2D eigenvalue weighted by molar-refractivity contribution is 5.64. The number of piperidine rings is 1. The van der Waals surface area contributed by atoms with E-state index in [-0.39, 0.29) is 11.9 Å². The maximum Gasteiger partial charge on any atom is 0.573 e. The molecule has 0 amide bonds. The van der Waals surface area contributed by atoms with Crippen molar-refractivity contribution in [1.29, 1.82) is 0 Å². The zero-order valence-corrected chi connectivity index (χ0v) is 16.0. The summed E-state index contributed by atoms with van der Waals surface area (Å²) in [7, 11) is 0. The van der Waals surface area contributed by atoms with Gasteiger partial charge in [-0.2, -0.15) is 0 Å². The number of hydrogen-bond donors (Lipinski definition) is 1. The largest absolute Gasteiger partial charge is 0.573 e. The van der Waals surface area contributed by atoms with E-state index in [0.717, 1.165) is 18.7 Å². The molecule has 1 fully saturated rings. The summed E-state index contributed by atoms with van der Waals surface area (Å²) in [6.07, 6.45) is -0.411. The van der Waals surface area contributed by atoms with Gasteiger partial charge in [-0.3, -0.25) is 9.88 Å². The number of rotatable bonds is 5. The van der Waals surface area contributed by atoms with E-state index in [1.165, 1.54) is 22.9 Å². The highest BCUT2D eigenvalue weighted by Crippen LogP contribution is 2.29. The minimum Gasteiger partial charge on any atom is -0.406 e. The molecule has 0 spiro atoms. The molecular weight excluding hydrogens is 399 g/mol. The zero-order chi connectivity index (χ0) is 21.1. The molecule has 1 aliphatic rings. The van der Waals surface area contributed by atoms with Crippen LogP contribution in [0.5, 0.6) is 5.75 Å². The Labute approximate surface area is 170 Å². The van der Waals surface area contributed by atoms with E-state index >= 15 is 0 Å². The lowest BCUT2D eigenvalue weighted by Gasteiger charge is -2.28. The molecule has 1 saturated heterocycles. The second-order valence-electron chi connectivity index (χ2n) is 7.08. The van der Waals surface area contributed by atoms with Crippen LogP contribution in [0.25, 0.3) is 16.9 Å². The average molecular weight is 419 g/mol. The summed E-state index contributed by atoms with van der Waals surface area (Å²) in [4.78, 5) is 6.21. The maximum absolute atomic E-state index is 12.6. The Morgan fingerprint density at radius 3 is 2.53 bits per heavy atom. The molecule has 0 unspecified atom stereocenters. The number of aromatic nitrogens is 4. The minimum absolute atomic E-state index is 0.284. The fourth-order valence-corrected chi connectivity index (χ4v) is 3.50. The van der Waals surface area contributed by atoms with Gasteiger partial charge in [-0.25, -0.2) is 4.68 Å². The lowest BCUT2D eigenvalue weighted by Crippen LogP contribution is -2.35. The molecule has 4 rings (SSSR count). The second-order valence-corrected chi connectivity index (χ2v) is 7.08. The van der Waals surface area contributed by atoms with Gasteiger partial charge in [-0.15, -0.1) is 18.3 Å². The smallest absolute Gasteiger partial charge is 0.406 e. The molecule has 0 atom stereocenters. The van der Waals surface area contributed by atoms with E-state index in [1.807, 2.05) is 0 Å². The Balaban J connectivity index is 1.70. The molecule has 0 saturated carbocycles. The molecule has 30 heavy (non-hydrogen) atoms. The van der Waals surface area contributed by atoms with Crippen molar-refractivity contribution in [3.05, 3.63) is 54.5 Å². The third kappa shape index (κ3) is 4.77. The number of likely N-dealkylation sites (tertiary alicyclic amines) is 1. The molecule has 0 aliphatic carbocycles. The molecule has 7 nitrogen and oxygen atoms in total. The molecule has 1 aromatic carbocycles. The summed E-state index contributed by atoms with van der Waals surface area (Å²) in [5.74, 6) is -0.331. The van der Waals surface area contributed by atoms with Crippen LogP contribution < -0.4 is 4.74 Å². The molecule has 1 aliphatic heterocycles. The molecule has 2 aromatic heterocycles. The van der Waals surface area contributed by atoms with Crippen LogP contribution >= 0.6 is 0 Å². The normalized spacial score (nSPS) is 16.0.